The lowest BCUT2D eigenvalue weighted by Crippen LogP contribution is -2.31. The van der Waals surface area contributed by atoms with E-state index in [-0.39, 0.29) is 18.7 Å². The summed E-state index contributed by atoms with van der Waals surface area (Å²) in [6.45, 7) is 1.22. The van der Waals surface area contributed by atoms with Crippen LogP contribution in [-0.2, 0) is 17.5 Å². The van der Waals surface area contributed by atoms with E-state index in [1.54, 1.807) is 6.92 Å². The molecule has 144 valence electrons. The lowest BCUT2D eigenvalue weighted by Gasteiger charge is -2.08. The maximum Gasteiger partial charge on any atom is 0.434 e. The Morgan fingerprint density at radius 3 is 2.48 bits per heavy atom. The number of nitro groups is 1. The molecule has 0 radical (unpaired) electrons. The second kappa shape index (κ2) is 7.85. The van der Waals surface area contributed by atoms with Crippen LogP contribution in [0.5, 0.6) is 0 Å². The number of nitrogens with one attached hydrogen (secondary N) is 1. The molecule has 0 bridgehead atoms. The van der Waals surface area contributed by atoms with Crippen LogP contribution in [0.15, 0.2) is 30.5 Å². The minimum Gasteiger partial charge on any atom is -0.446 e. The number of imidazole rings is 1. The molecule has 0 fully saturated rings. The number of carbonyl (C=O) groups is 2. The number of ether oxygens (including phenoxy) is 1. The van der Waals surface area contributed by atoms with Crippen LogP contribution in [0, 0.1) is 17.0 Å². The Labute approximate surface area is 149 Å². The minimum atomic E-state index is -4.54. The van der Waals surface area contributed by atoms with Crippen LogP contribution >= 0.6 is 0 Å². The third-order valence-corrected chi connectivity index (χ3v) is 3.44. The number of carbonyl (C=O) groups excluding carboxylic acids is 2. The van der Waals surface area contributed by atoms with Crippen molar-refractivity contribution in [3.05, 3.63) is 57.4 Å². The molecular formula is C15H13F3N4O5. The van der Waals surface area contributed by atoms with Gasteiger partial charge in [-0.2, -0.15) is 13.2 Å². The number of amides is 2. The van der Waals surface area contributed by atoms with Crippen molar-refractivity contribution in [2.75, 3.05) is 6.61 Å². The van der Waals surface area contributed by atoms with E-state index in [1.165, 1.54) is 10.8 Å². The van der Waals surface area contributed by atoms with E-state index in [1.807, 2.05) is 5.32 Å². The zero-order valence-electron chi connectivity index (χ0n) is 13.8. The van der Waals surface area contributed by atoms with Gasteiger partial charge in [0.05, 0.1) is 5.56 Å². The van der Waals surface area contributed by atoms with Crippen LogP contribution in [0.3, 0.4) is 0 Å². The molecule has 0 aliphatic rings. The smallest absolute Gasteiger partial charge is 0.434 e. The molecule has 27 heavy (non-hydrogen) atoms. The summed E-state index contributed by atoms with van der Waals surface area (Å²) in [7, 11) is 0. The van der Waals surface area contributed by atoms with Crippen molar-refractivity contribution in [3.63, 3.8) is 0 Å². The Hall–Kier alpha value is -3.44. The van der Waals surface area contributed by atoms with Gasteiger partial charge in [0.15, 0.2) is 0 Å². The summed E-state index contributed by atoms with van der Waals surface area (Å²) >= 11 is 0. The minimum absolute atomic E-state index is 0.0654. The van der Waals surface area contributed by atoms with Gasteiger partial charge in [-0.3, -0.25) is 10.1 Å². The predicted molar refractivity (Wildman–Crippen MR) is 83.9 cm³/mol. The second-order valence-corrected chi connectivity index (χ2v) is 5.27. The Kier molecular flexibility index (Phi) is 5.78. The number of hydrogen-bond donors (Lipinski definition) is 1. The third-order valence-electron chi connectivity index (χ3n) is 3.44. The van der Waals surface area contributed by atoms with Crippen molar-refractivity contribution < 1.29 is 32.4 Å². The number of aryl methyl sites for hydroxylation is 1. The van der Waals surface area contributed by atoms with E-state index in [9.17, 15) is 32.9 Å². The van der Waals surface area contributed by atoms with E-state index < -0.39 is 34.6 Å². The molecule has 0 aliphatic heterocycles. The van der Waals surface area contributed by atoms with Gasteiger partial charge in [0.1, 0.15) is 25.0 Å². The highest BCUT2D eigenvalue weighted by molar-refractivity contribution is 6.02. The number of benzene rings is 1. The van der Waals surface area contributed by atoms with E-state index >= 15 is 0 Å². The topological polar surface area (TPSA) is 116 Å². The molecule has 1 aromatic carbocycles. The first kappa shape index (κ1) is 19.9. The molecule has 1 heterocycles. The molecular weight excluding hydrogens is 373 g/mol. The summed E-state index contributed by atoms with van der Waals surface area (Å²) in [5.74, 6) is -1.36. The predicted octanol–water partition coefficient (Wildman–Crippen LogP) is 2.69. The standard InChI is InChI=1S/C15H13F3N4O5/c1-9-8-19-13(22(25)26)21(9)6-7-27-14(24)20-12(23)10-2-4-11(5-3-10)15(16,17)18/h2-5,8H,6-7H2,1H3,(H,20,23,24). The van der Waals surface area contributed by atoms with Gasteiger partial charge in [-0.05, 0) is 36.1 Å². The fourth-order valence-electron chi connectivity index (χ4n) is 2.11. The summed E-state index contributed by atoms with van der Waals surface area (Å²) in [4.78, 5) is 37.1. The van der Waals surface area contributed by atoms with Crippen molar-refractivity contribution in [3.8, 4) is 0 Å². The number of aromatic nitrogens is 2. The van der Waals surface area contributed by atoms with Gasteiger partial charge in [0.25, 0.3) is 5.91 Å². The highest BCUT2D eigenvalue weighted by atomic mass is 19.4. The van der Waals surface area contributed by atoms with E-state index in [4.69, 9.17) is 4.74 Å². The van der Waals surface area contributed by atoms with Crippen LogP contribution in [-0.4, -0.2) is 33.1 Å². The summed E-state index contributed by atoms with van der Waals surface area (Å²) in [5, 5.41) is 12.7. The molecule has 0 atom stereocenters. The van der Waals surface area contributed by atoms with Crippen LogP contribution in [0.4, 0.5) is 23.9 Å². The average molecular weight is 386 g/mol. The molecule has 0 aliphatic carbocycles. The van der Waals surface area contributed by atoms with Crippen molar-refractivity contribution >= 4 is 17.9 Å². The highest BCUT2D eigenvalue weighted by Gasteiger charge is 2.30. The second-order valence-electron chi connectivity index (χ2n) is 5.27. The third kappa shape index (κ3) is 5.03. The van der Waals surface area contributed by atoms with Gasteiger partial charge < -0.3 is 14.9 Å². The quantitative estimate of drug-likeness (QED) is 0.624. The Balaban J connectivity index is 1.88. The van der Waals surface area contributed by atoms with Crippen molar-refractivity contribution in [1.29, 1.82) is 0 Å². The molecule has 2 amide bonds. The largest absolute Gasteiger partial charge is 0.446 e. The van der Waals surface area contributed by atoms with E-state index in [2.05, 4.69) is 4.98 Å². The summed E-state index contributed by atoms with van der Waals surface area (Å²) < 4.78 is 43.4. The number of imide groups is 1. The molecule has 0 saturated heterocycles. The highest BCUT2D eigenvalue weighted by Crippen LogP contribution is 2.29. The SMILES string of the molecule is Cc1cnc([N+](=O)[O-])n1CCOC(=O)NC(=O)c1ccc(C(F)(F)F)cc1. The zero-order valence-corrected chi connectivity index (χ0v) is 13.8. The van der Waals surface area contributed by atoms with E-state index in [0.717, 1.165) is 12.1 Å². The molecule has 1 aromatic heterocycles. The maximum atomic E-state index is 12.5. The molecule has 9 nitrogen and oxygen atoms in total. The van der Waals surface area contributed by atoms with Crippen molar-refractivity contribution in [2.45, 2.75) is 19.6 Å². The van der Waals surface area contributed by atoms with Gasteiger partial charge in [0.2, 0.25) is 0 Å². The average Bonchev–Trinajstić information content (AvgIpc) is 2.95. The molecule has 1 N–H and O–H groups in total. The lowest BCUT2D eigenvalue weighted by atomic mass is 10.1. The Morgan fingerprint density at radius 2 is 1.93 bits per heavy atom. The van der Waals surface area contributed by atoms with Crippen molar-refractivity contribution in [1.82, 2.24) is 14.9 Å². The van der Waals surface area contributed by atoms with E-state index in [0.29, 0.717) is 17.8 Å². The molecule has 12 heteroatoms. The molecule has 0 spiro atoms. The van der Waals surface area contributed by atoms with Gasteiger partial charge in [0, 0.05) is 5.56 Å². The fourth-order valence-corrected chi connectivity index (χ4v) is 2.11. The summed E-state index contributed by atoms with van der Waals surface area (Å²) in [6.07, 6.45) is -4.39. The summed E-state index contributed by atoms with van der Waals surface area (Å²) in [5.41, 5.74) is -0.619. The number of nitrogens with zero attached hydrogens (tertiary/aromatic N) is 3. The van der Waals surface area contributed by atoms with Gasteiger partial charge in [-0.15, -0.1) is 0 Å². The molecule has 0 unspecified atom stereocenters. The maximum absolute atomic E-state index is 12.5. The first-order valence-corrected chi connectivity index (χ1v) is 7.41. The normalized spacial score (nSPS) is 11.1. The van der Waals surface area contributed by atoms with Crippen LogP contribution < -0.4 is 5.32 Å². The van der Waals surface area contributed by atoms with Crippen molar-refractivity contribution in [2.24, 2.45) is 0 Å². The van der Waals surface area contributed by atoms with Crippen LogP contribution in [0.1, 0.15) is 21.6 Å². The first-order valence-electron chi connectivity index (χ1n) is 7.41. The first-order chi connectivity index (χ1) is 12.6. The van der Waals surface area contributed by atoms with Gasteiger partial charge in [-0.1, -0.05) is 4.98 Å². The number of alkyl carbamates (subject to hydrolysis) is 1. The number of alkyl halides is 3. The summed E-state index contributed by atoms with van der Waals surface area (Å²) in [6, 6.07) is 3.26. The number of hydrogen-bond acceptors (Lipinski definition) is 6. The van der Waals surface area contributed by atoms with Crippen LogP contribution in [0.25, 0.3) is 0 Å². The number of halogens is 3. The molecule has 2 rings (SSSR count). The van der Waals surface area contributed by atoms with Gasteiger partial charge in [-0.25, -0.2) is 9.36 Å². The number of rotatable bonds is 5. The fraction of sp³-hybridized carbons (Fsp3) is 0.267. The monoisotopic (exact) mass is 386 g/mol. The zero-order chi connectivity index (χ0) is 20.2. The molecule has 2 aromatic rings. The van der Waals surface area contributed by atoms with Crippen LogP contribution in [0.2, 0.25) is 0 Å². The Bertz CT molecular complexity index is 861. The van der Waals surface area contributed by atoms with Gasteiger partial charge >= 0.3 is 18.2 Å². The Morgan fingerprint density at radius 1 is 1.30 bits per heavy atom. The lowest BCUT2D eigenvalue weighted by molar-refractivity contribution is -0.396. The molecule has 0 saturated carbocycles.